The Labute approximate surface area is 305 Å². The molecule has 14 heteroatoms. The number of fused-ring (bicyclic) bond motifs is 4. The number of unbranched alkanes of at least 4 members (excludes halogenated alkanes) is 1. The predicted octanol–water partition coefficient (Wildman–Crippen LogP) is 5.08. The SMILES string of the molecule is CC(C)(C)OC(=O)NCCCC[C@H](NC(=O)OCC1c2ccccc2-c2ccccc21)C(=O)Nc1ccc2c(CC(=O)NCC(=O)O)cc(=O)oc2c1. The fourth-order valence-corrected chi connectivity index (χ4v) is 6.12. The number of hydrogen-bond acceptors (Lipinski definition) is 9. The highest BCUT2D eigenvalue weighted by Crippen LogP contribution is 2.44. The Morgan fingerprint density at radius 3 is 2.21 bits per heavy atom. The van der Waals surface area contributed by atoms with Gasteiger partial charge in [-0.1, -0.05) is 48.5 Å². The molecule has 5 rings (SSSR count). The van der Waals surface area contributed by atoms with Gasteiger partial charge in [-0.3, -0.25) is 14.4 Å². The number of carboxylic acids is 1. The molecule has 0 fully saturated rings. The lowest BCUT2D eigenvalue weighted by atomic mass is 9.98. The third kappa shape index (κ3) is 10.4. The zero-order valence-corrected chi connectivity index (χ0v) is 29.7. The molecular formula is C39H42N4O10. The van der Waals surface area contributed by atoms with E-state index in [4.69, 9.17) is 19.0 Å². The normalized spacial score (nSPS) is 12.6. The average molecular weight is 727 g/mol. The number of anilines is 1. The first kappa shape index (κ1) is 38.1. The van der Waals surface area contributed by atoms with Gasteiger partial charge in [-0.2, -0.15) is 0 Å². The maximum Gasteiger partial charge on any atom is 0.407 e. The minimum absolute atomic E-state index is 0.0500. The number of nitrogens with one attached hydrogen (secondary N) is 4. The maximum absolute atomic E-state index is 13.6. The number of ether oxygens (including phenoxy) is 2. The van der Waals surface area contributed by atoms with Gasteiger partial charge in [0.15, 0.2) is 0 Å². The number of hydrogen-bond donors (Lipinski definition) is 5. The van der Waals surface area contributed by atoms with Crippen molar-refractivity contribution in [3.8, 4) is 11.1 Å². The minimum Gasteiger partial charge on any atom is -0.480 e. The molecule has 1 aliphatic carbocycles. The molecule has 3 aromatic carbocycles. The Morgan fingerprint density at radius 1 is 0.868 bits per heavy atom. The van der Waals surface area contributed by atoms with Gasteiger partial charge in [0.05, 0.1) is 6.42 Å². The van der Waals surface area contributed by atoms with Crippen molar-refractivity contribution >= 4 is 46.6 Å². The minimum atomic E-state index is -1.21. The van der Waals surface area contributed by atoms with Gasteiger partial charge in [0.1, 0.15) is 30.4 Å². The molecule has 0 bridgehead atoms. The highest BCUT2D eigenvalue weighted by atomic mass is 16.6. The second-order valence-electron chi connectivity index (χ2n) is 13.6. The van der Waals surface area contributed by atoms with E-state index in [0.717, 1.165) is 28.3 Å². The number of alkyl carbamates (subject to hydrolysis) is 2. The topological polar surface area (TPSA) is 202 Å². The molecule has 1 aliphatic rings. The number of amides is 4. The number of aliphatic carboxylic acids is 1. The summed E-state index contributed by atoms with van der Waals surface area (Å²) in [6, 6.07) is 20.5. The molecule has 1 atom stereocenters. The van der Waals surface area contributed by atoms with Crippen LogP contribution in [0, 0.1) is 0 Å². The summed E-state index contributed by atoms with van der Waals surface area (Å²) in [5.74, 6) is -2.55. The van der Waals surface area contributed by atoms with Crippen molar-refractivity contribution in [3.63, 3.8) is 0 Å². The van der Waals surface area contributed by atoms with Crippen molar-refractivity contribution in [3.05, 3.63) is 99.9 Å². The highest BCUT2D eigenvalue weighted by Gasteiger charge is 2.30. The summed E-state index contributed by atoms with van der Waals surface area (Å²) in [4.78, 5) is 74.3. The van der Waals surface area contributed by atoms with Crippen LogP contribution in [-0.4, -0.2) is 66.4 Å². The summed E-state index contributed by atoms with van der Waals surface area (Å²) in [6.45, 7) is 5.05. The summed E-state index contributed by atoms with van der Waals surface area (Å²) in [5.41, 5.74) is 3.51. The lowest BCUT2D eigenvalue weighted by Crippen LogP contribution is -2.44. The summed E-state index contributed by atoms with van der Waals surface area (Å²) in [7, 11) is 0. The summed E-state index contributed by atoms with van der Waals surface area (Å²) in [6.07, 6.45) is -0.485. The van der Waals surface area contributed by atoms with Crippen LogP contribution >= 0.6 is 0 Å². The van der Waals surface area contributed by atoms with Crippen LogP contribution in [0.4, 0.5) is 15.3 Å². The van der Waals surface area contributed by atoms with E-state index in [2.05, 4.69) is 21.3 Å². The molecule has 14 nitrogen and oxygen atoms in total. The van der Waals surface area contributed by atoms with Crippen LogP contribution in [0.2, 0.25) is 0 Å². The van der Waals surface area contributed by atoms with Gasteiger partial charge >= 0.3 is 23.8 Å². The number of rotatable bonds is 14. The fourth-order valence-electron chi connectivity index (χ4n) is 6.12. The van der Waals surface area contributed by atoms with Crippen molar-refractivity contribution in [1.82, 2.24) is 16.0 Å². The fraction of sp³-hybridized carbons (Fsp3) is 0.333. The van der Waals surface area contributed by atoms with E-state index in [0.29, 0.717) is 23.8 Å². The van der Waals surface area contributed by atoms with Gasteiger partial charge in [-0.25, -0.2) is 14.4 Å². The van der Waals surface area contributed by atoms with E-state index in [9.17, 15) is 28.8 Å². The second-order valence-corrected chi connectivity index (χ2v) is 13.6. The number of carboxylic acid groups (broad SMARTS) is 1. The first-order valence-electron chi connectivity index (χ1n) is 17.2. The Bertz CT molecular complexity index is 2020. The molecule has 5 N–H and O–H groups in total. The predicted molar refractivity (Wildman–Crippen MR) is 196 cm³/mol. The largest absolute Gasteiger partial charge is 0.480 e. The number of carbonyl (C=O) groups excluding carboxylic acids is 4. The van der Waals surface area contributed by atoms with Gasteiger partial charge in [0.2, 0.25) is 11.8 Å². The van der Waals surface area contributed by atoms with Crippen molar-refractivity contribution in [2.45, 2.75) is 64.0 Å². The molecule has 53 heavy (non-hydrogen) atoms. The molecule has 0 saturated heterocycles. The summed E-state index contributed by atoms with van der Waals surface area (Å²) >= 11 is 0. The van der Waals surface area contributed by atoms with E-state index in [-0.39, 0.29) is 43.2 Å². The third-order valence-corrected chi connectivity index (χ3v) is 8.43. The van der Waals surface area contributed by atoms with Crippen LogP contribution in [0.5, 0.6) is 0 Å². The van der Waals surface area contributed by atoms with Crippen molar-refractivity contribution in [2.75, 3.05) is 25.0 Å². The van der Waals surface area contributed by atoms with Gasteiger partial charge in [-0.05, 0) is 80.0 Å². The molecule has 0 saturated carbocycles. The molecule has 0 unspecified atom stereocenters. The summed E-state index contributed by atoms with van der Waals surface area (Å²) in [5, 5.41) is 19.6. The highest BCUT2D eigenvalue weighted by molar-refractivity contribution is 5.98. The quantitative estimate of drug-likeness (QED) is 0.0862. The van der Waals surface area contributed by atoms with Crippen LogP contribution < -0.4 is 26.9 Å². The first-order valence-corrected chi connectivity index (χ1v) is 17.2. The standard InChI is InChI=1S/C39H42N4O10/c1-39(2,3)53-37(49)40-17-9-8-14-31(43-38(50)51-22-30-28-12-6-4-10-26(28)27-11-5-7-13-29(27)30)36(48)42-24-15-16-25-23(18-33(44)41-21-34(45)46)19-35(47)52-32(25)20-24/h4-7,10-13,15-16,19-20,30-31H,8-9,14,17-18,21-22H2,1-3H3,(H,40,49)(H,41,44)(H,42,48)(H,43,50)(H,45,46)/t31-/m0/s1. The van der Waals surface area contributed by atoms with Crippen LogP contribution in [0.3, 0.4) is 0 Å². The van der Waals surface area contributed by atoms with E-state index in [1.807, 2.05) is 48.5 Å². The van der Waals surface area contributed by atoms with Crippen molar-refractivity contribution in [1.29, 1.82) is 0 Å². The summed E-state index contributed by atoms with van der Waals surface area (Å²) < 4.78 is 16.3. The van der Waals surface area contributed by atoms with Crippen LogP contribution in [-0.2, 0) is 30.3 Å². The Kier molecular flexibility index (Phi) is 12.1. The molecular weight excluding hydrogens is 684 g/mol. The zero-order chi connectivity index (χ0) is 38.1. The number of carbonyl (C=O) groups is 5. The Balaban J connectivity index is 1.26. The van der Waals surface area contributed by atoms with Crippen LogP contribution in [0.1, 0.15) is 62.6 Å². The Morgan fingerprint density at radius 2 is 1.55 bits per heavy atom. The molecule has 1 heterocycles. The van der Waals surface area contributed by atoms with Gasteiger partial charge in [-0.15, -0.1) is 0 Å². The number of benzene rings is 3. The second kappa shape index (κ2) is 16.9. The molecule has 4 amide bonds. The zero-order valence-electron chi connectivity index (χ0n) is 29.7. The van der Waals surface area contributed by atoms with E-state index < -0.39 is 53.8 Å². The van der Waals surface area contributed by atoms with Crippen molar-refractivity contribution in [2.24, 2.45) is 0 Å². The maximum atomic E-state index is 13.6. The van der Waals surface area contributed by atoms with Crippen molar-refractivity contribution < 1.29 is 43.0 Å². The lowest BCUT2D eigenvalue weighted by Gasteiger charge is -2.21. The van der Waals surface area contributed by atoms with Crippen LogP contribution in [0.25, 0.3) is 22.1 Å². The van der Waals surface area contributed by atoms with Gasteiger partial charge in [0.25, 0.3) is 0 Å². The third-order valence-electron chi connectivity index (χ3n) is 8.43. The van der Waals surface area contributed by atoms with Gasteiger partial charge < -0.3 is 40.3 Å². The smallest absolute Gasteiger partial charge is 0.407 e. The van der Waals surface area contributed by atoms with E-state index >= 15 is 0 Å². The monoisotopic (exact) mass is 726 g/mol. The molecule has 0 aliphatic heterocycles. The van der Waals surface area contributed by atoms with E-state index in [1.54, 1.807) is 32.9 Å². The Hall–Kier alpha value is -6.18. The van der Waals surface area contributed by atoms with E-state index in [1.165, 1.54) is 6.07 Å². The average Bonchev–Trinajstić information content (AvgIpc) is 3.41. The first-order chi connectivity index (χ1) is 25.3. The molecule has 4 aromatic rings. The molecule has 0 radical (unpaired) electrons. The van der Waals surface area contributed by atoms with Gasteiger partial charge in [0, 0.05) is 35.7 Å². The molecule has 278 valence electrons. The lowest BCUT2D eigenvalue weighted by molar-refractivity contribution is -0.137. The molecule has 1 aromatic heterocycles. The van der Waals surface area contributed by atoms with Crippen LogP contribution in [0.15, 0.2) is 82.0 Å². The molecule has 0 spiro atoms.